The van der Waals surface area contributed by atoms with Crippen LogP contribution in [-0.4, -0.2) is 26.2 Å². The number of esters is 2. The van der Waals surface area contributed by atoms with Gasteiger partial charge in [-0.3, -0.25) is 9.59 Å². The smallest absolute Gasteiger partial charge is 0.323 e. The average molecular weight is 330 g/mol. The zero-order valence-electron chi connectivity index (χ0n) is 13.8. The third-order valence-corrected chi connectivity index (χ3v) is 4.17. The molecule has 0 bridgehead atoms. The summed E-state index contributed by atoms with van der Waals surface area (Å²) in [6.45, 7) is 3.88. The molecule has 5 heteroatoms. The van der Waals surface area contributed by atoms with E-state index in [1.165, 1.54) is 32.4 Å². The second-order valence-corrected chi connectivity index (χ2v) is 5.75. The minimum absolute atomic E-state index is 0.0272. The summed E-state index contributed by atoms with van der Waals surface area (Å²) in [4.78, 5) is 24.9. The molecule has 0 N–H and O–H groups in total. The number of carbonyl (C=O) groups is 2. The number of hydrogen-bond acceptors (Lipinski definition) is 4. The van der Waals surface area contributed by atoms with Gasteiger partial charge in [0.25, 0.3) is 0 Å². The molecule has 0 saturated heterocycles. The number of carbonyl (C=O) groups excluding carboxylic acids is 2. The van der Waals surface area contributed by atoms with Gasteiger partial charge < -0.3 is 9.47 Å². The maximum atomic E-state index is 13.7. The SMILES string of the molecule is C=C1C#Cc2ccc(F)cc2CC(C(=O)OC)(C(=O)OC)CCC1. The summed E-state index contributed by atoms with van der Waals surface area (Å²) in [6, 6.07) is 4.11. The molecule has 1 aromatic carbocycles. The van der Waals surface area contributed by atoms with Crippen molar-refractivity contribution in [3.05, 3.63) is 47.3 Å². The first-order valence-electron chi connectivity index (χ1n) is 7.58. The first-order valence-corrected chi connectivity index (χ1v) is 7.58. The minimum Gasteiger partial charge on any atom is -0.468 e. The van der Waals surface area contributed by atoms with E-state index in [9.17, 15) is 14.0 Å². The van der Waals surface area contributed by atoms with Crippen LogP contribution in [0.1, 0.15) is 30.4 Å². The molecule has 0 radical (unpaired) electrons. The number of hydrogen-bond donors (Lipinski definition) is 0. The zero-order valence-corrected chi connectivity index (χ0v) is 13.8. The molecule has 0 aromatic heterocycles. The van der Waals surface area contributed by atoms with E-state index in [0.717, 1.165) is 0 Å². The Bertz CT molecular complexity index is 723. The molecule has 0 spiro atoms. The molecule has 0 amide bonds. The normalized spacial score (nSPS) is 16.2. The Kier molecular flexibility index (Phi) is 5.40. The van der Waals surface area contributed by atoms with Crippen molar-refractivity contribution in [2.45, 2.75) is 25.7 Å². The van der Waals surface area contributed by atoms with Crippen molar-refractivity contribution >= 4 is 11.9 Å². The molecule has 0 aliphatic heterocycles. The van der Waals surface area contributed by atoms with Crippen molar-refractivity contribution in [2.75, 3.05) is 14.2 Å². The second kappa shape index (κ2) is 7.31. The summed E-state index contributed by atoms with van der Waals surface area (Å²) in [5.41, 5.74) is 0.186. The van der Waals surface area contributed by atoms with Gasteiger partial charge in [0.2, 0.25) is 0 Å². The van der Waals surface area contributed by atoms with Crippen molar-refractivity contribution in [3.63, 3.8) is 0 Å². The van der Waals surface area contributed by atoms with Crippen LogP contribution >= 0.6 is 0 Å². The lowest BCUT2D eigenvalue weighted by atomic mass is 9.75. The van der Waals surface area contributed by atoms with Gasteiger partial charge in [-0.1, -0.05) is 18.4 Å². The third kappa shape index (κ3) is 3.48. The molecule has 1 aliphatic rings. The number of halogens is 1. The molecule has 0 saturated carbocycles. The lowest BCUT2D eigenvalue weighted by Gasteiger charge is -2.29. The summed E-state index contributed by atoms with van der Waals surface area (Å²) < 4.78 is 23.4. The van der Waals surface area contributed by atoms with Gasteiger partial charge in [0.1, 0.15) is 5.82 Å². The van der Waals surface area contributed by atoms with E-state index >= 15 is 0 Å². The minimum atomic E-state index is -1.52. The maximum absolute atomic E-state index is 13.7. The Labute approximate surface area is 140 Å². The molecular weight excluding hydrogens is 311 g/mol. The van der Waals surface area contributed by atoms with Crippen molar-refractivity contribution in [1.82, 2.24) is 0 Å². The van der Waals surface area contributed by atoms with Gasteiger partial charge >= 0.3 is 11.9 Å². The highest BCUT2D eigenvalue weighted by atomic mass is 19.1. The van der Waals surface area contributed by atoms with Crippen LogP contribution in [0, 0.1) is 23.1 Å². The van der Waals surface area contributed by atoms with E-state index in [4.69, 9.17) is 9.47 Å². The van der Waals surface area contributed by atoms with Crippen LogP contribution in [0.5, 0.6) is 0 Å². The standard InChI is InChI=1S/C19H19FO4/c1-13-5-4-10-19(17(21)23-2,18(22)24-3)12-15-11-16(20)9-8-14(15)7-6-13/h8-9,11H,1,4-5,10,12H2,2-3H3. The largest absolute Gasteiger partial charge is 0.468 e. The molecule has 4 nitrogen and oxygen atoms in total. The van der Waals surface area contributed by atoms with Crippen LogP contribution < -0.4 is 0 Å². The third-order valence-electron chi connectivity index (χ3n) is 4.17. The number of rotatable bonds is 2. The topological polar surface area (TPSA) is 52.6 Å². The molecule has 24 heavy (non-hydrogen) atoms. The molecular formula is C19H19FO4. The highest BCUT2D eigenvalue weighted by Gasteiger charge is 2.48. The van der Waals surface area contributed by atoms with Crippen LogP contribution in [0.3, 0.4) is 0 Å². The van der Waals surface area contributed by atoms with Gasteiger partial charge in [-0.05, 0) is 48.6 Å². The lowest BCUT2D eigenvalue weighted by molar-refractivity contribution is -0.169. The first kappa shape index (κ1) is 17.7. The van der Waals surface area contributed by atoms with Crippen LogP contribution in [0.15, 0.2) is 30.4 Å². The van der Waals surface area contributed by atoms with Crippen molar-refractivity contribution in [3.8, 4) is 11.8 Å². The van der Waals surface area contributed by atoms with Gasteiger partial charge in [-0.25, -0.2) is 4.39 Å². The maximum Gasteiger partial charge on any atom is 0.323 e. The molecule has 0 heterocycles. The predicted octanol–water partition coefficient (Wildman–Crippen LogP) is 2.79. The van der Waals surface area contributed by atoms with Gasteiger partial charge in [0.05, 0.1) is 14.2 Å². The number of ether oxygens (including phenoxy) is 2. The van der Waals surface area contributed by atoms with Gasteiger partial charge in [0.15, 0.2) is 5.41 Å². The van der Waals surface area contributed by atoms with E-state index in [0.29, 0.717) is 29.5 Å². The summed E-state index contributed by atoms with van der Waals surface area (Å²) >= 11 is 0. The highest BCUT2D eigenvalue weighted by molar-refractivity contribution is 6.00. The summed E-state index contributed by atoms with van der Waals surface area (Å²) in [5, 5.41) is 0. The predicted molar refractivity (Wildman–Crippen MR) is 86.4 cm³/mol. The zero-order chi connectivity index (χ0) is 17.7. The number of methoxy groups -OCH3 is 2. The fourth-order valence-electron chi connectivity index (χ4n) is 2.89. The Morgan fingerprint density at radius 2 is 1.88 bits per heavy atom. The van der Waals surface area contributed by atoms with E-state index in [1.54, 1.807) is 0 Å². The van der Waals surface area contributed by atoms with E-state index < -0.39 is 23.2 Å². The second-order valence-electron chi connectivity index (χ2n) is 5.75. The Hall–Kier alpha value is -2.61. The fourth-order valence-corrected chi connectivity index (χ4v) is 2.89. The fraction of sp³-hybridized carbons (Fsp3) is 0.368. The van der Waals surface area contributed by atoms with Crippen LogP contribution in [0.2, 0.25) is 0 Å². The molecule has 1 aliphatic carbocycles. The van der Waals surface area contributed by atoms with Crippen molar-refractivity contribution < 1.29 is 23.5 Å². The van der Waals surface area contributed by atoms with E-state index in [1.807, 2.05) is 0 Å². The number of benzene rings is 1. The highest BCUT2D eigenvalue weighted by Crippen LogP contribution is 2.35. The average Bonchev–Trinajstić information content (AvgIpc) is 2.58. The van der Waals surface area contributed by atoms with Gasteiger partial charge in [-0.2, -0.15) is 0 Å². The summed E-state index contributed by atoms with van der Waals surface area (Å²) in [7, 11) is 2.44. The Morgan fingerprint density at radius 3 is 2.50 bits per heavy atom. The summed E-state index contributed by atoms with van der Waals surface area (Å²) in [5.74, 6) is 4.04. The van der Waals surface area contributed by atoms with Gasteiger partial charge in [-0.15, -0.1) is 0 Å². The van der Waals surface area contributed by atoms with Gasteiger partial charge in [0, 0.05) is 12.0 Å². The molecule has 0 fully saturated rings. The van der Waals surface area contributed by atoms with E-state index in [2.05, 4.69) is 18.4 Å². The molecule has 0 atom stereocenters. The lowest BCUT2D eigenvalue weighted by Crippen LogP contribution is -2.43. The number of fused-ring (bicyclic) bond motifs is 1. The Balaban J connectivity index is 2.63. The first-order chi connectivity index (χ1) is 11.4. The van der Waals surface area contributed by atoms with E-state index in [-0.39, 0.29) is 12.8 Å². The van der Waals surface area contributed by atoms with Crippen molar-refractivity contribution in [2.24, 2.45) is 5.41 Å². The quantitative estimate of drug-likeness (QED) is 0.475. The molecule has 1 aromatic rings. The summed E-state index contributed by atoms with van der Waals surface area (Å²) in [6.07, 6.45) is 1.26. The molecule has 126 valence electrons. The van der Waals surface area contributed by atoms with Crippen LogP contribution in [0.4, 0.5) is 4.39 Å². The van der Waals surface area contributed by atoms with Crippen LogP contribution in [-0.2, 0) is 25.5 Å². The monoisotopic (exact) mass is 330 g/mol. The van der Waals surface area contributed by atoms with Crippen LogP contribution in [0.25, 0.3) is 0 Å². The number of allylic oxidation sites excluding steroid dienone is 1. The Morgan fingerprint density at radius 1 is 1.21 bits per heavy atom. The van der Waals surface area contributed by atoms with Crippen molar-refractivity contribution in [1.29, 1.82) is 0 Å². The molecule has 0 unspecified atom stereocenters. The molecule has 2 rings (SSSR count).